The van der Waals surface area contributed by atoms with Crippen molar-refractivity contribution < 1.29 is 9.53 Å². The number of thioether (sulfide) groups is 1. The number of carbonyl (C=O) groups excluding carboxylic acids is 1. The molecule has 2 aliphatic rings. The molecule has 0 radical (unpaired) electrons. The summed E-state index contributed by atoms with van der Waals surface area (Å²) in [4.78, 5) is 12.2. The maximum absolute atomic E-state index is 12.2. The molecule has 1 aromatic heterocycles. The van der Waals surface area contributed by atoms with Crippen molar-refractivity contribution in [2.24, 2.45) is 7.05 Å². The summed E-state index contributed by atoms with van der Waals surface area (Å²) < 4.78 is 7.88. The van der Waals surface area contributed by atoms with Gasteiger partial charge in [-0.2, -0.15) is 0 Å². The van der Waals surface area contributed by atoms with Crippen molar-refractivity contribution in [1.82, 2.24) is 20.1 Å². The molecular formula is C22H30N4O2S. The first-order chi connectivity index (χ1) is 14.2. The molecule has 1 saturated carbocycles. The van der Waals surface area contributed by atoms with E-state index in [0.29, 0.717) is 18.4 Å². The lowest BCUT2D eigenvalue weighted by Gasteiger charge is -2.22. The third-order valence-electron chi connectivity index (χ3n) is 5.92. The van der Waals surface area contributed by atoms with Crippen LogP contribution in [0.3, 0.4) is 0 Å². The fourth-order valence-electron chi connectivity index (χ4n) is 4.19. The molecule has 29 heavy (non-hydrogen) atoms. The van der Waals surface area contributed by atoms with Crippen molar-refractivity contribution >= 4 is 17.7 Å². The molecule has 0 atom stereocenters. The van der Waals surface area contributed by atoms with Crippen molar-refractivity contribution in [3.63, 3.8) is 0 Å². The quantitative estimate of drug-likeness (QED) is 0.698. The second-order valence-electron chi connectivity index (χ2n) is 8.08. The second kappa shape index (κ2) is 9.65. The van der Waals surface area contributed by atoms with Crippen LogP contribution in [-0.4, -0.2) is 32.5 Å². The third kappa shape index (κ3) is 5.32. The molecule has 0 aliphatic heterocycles. The second-order valence-corrected chi connectivity index (χ2v) is 9.02. The summed E-state index contributed by atoms with van der Waals surface area (Å²) in [5.74, 6) is 2.10. The SMILES string of the molecule is Cn1c(COc2ccc3c(c2)CCCC3)nnc1SCC(=O)NC1CCCCC1. The molecule has 7 heteroatoms. The summed E-state index contributed by atoms with van der Waals surface area (Å²) in [5.41, 5.74) is 2.86. The lowest BCUT2D eigenvalue weighted by atomic mass is 9.92. The molecular weight excluding hydrogens is 384 g/mol. The van der Waals surface area contributed by atoms with Crippen molar-refractivity contribution in [1.29, 1.82) is 0 Å². The zero-order valence-corrected chi connectivity index (χ0v) is 18.0. The van der Waals surface area contributed by atoms with Gasteiger partial charge in [-0.25, -0.2) is 0 Å². The van der Waals surface area contributed by atoms with Crippen LogP contribution in [0, 0.1) is 0 Å². The summed E-state index contributed by atoms with van der Waals surface area (Å²) in [5, 5.41) is 12.4. The van der Waals surface area contributed by atoms with E-state index in [4.69, 9.17) is 4.74 Å². The molecule has 2 aliphatic carbocycles. The molecule has 1 aromatic carbocycles. The number of fused-ring (bicyclic) bond motifs is 1. The number of aryl methyl sites for hydroxylation is 2. The molecule has 0 bridgehead atoms. The van der Waals surface area contributed by atoms with Crippen molar-refractivity contribution in [3.8, 4) is 5.75 Å². The minimum atomic E-state index is 0.0803. The highest BCUT2D eigenvalue weighted by Gasteiger charge is 2.17. The average molecular weight is 415 g/mol. The molecule has 0 saturated heterocycles. The fourth-order valence-corrected chi connectivity index (χ4v) is 4.93. The Bertz CT molecular complexity index is 845. The number of rotatable bonds is 7. The van der Waals surface area contributed by atoms with Crippen LogP contribution in [-0.2, 0) is 31.3 Å². The summed E-state index contributed by atoms with van der Waals surface area (Å²) >= 11 is 1.43. The van der Waals surface area contributed by atoms with Gasteiger partial charge >= 0.3 is 0 Å². The van der Waals surface area contributed by atoms with Gasteiger partial charge in [0.1, 0.15) is 12.4 Å². The van der Waals surface area contributed by atoms with Gasteiger partial charge in [0.05, 0.1) is 5.75 Å². The third-order valence-corrected chi connectivity index (χ3v) is 6.94. The molecule has 1 heterocycles. The lowest BCUT2D eigenvalue weighted by Crippen LogP contribution is -2.37. The van der Waals surface area contributed by atoms with Crippen molar-refractivity contribution in [3.05, 3.63) is 35.2 Å². The topological polar surface area (TPSA) is 69.0 Å². The number of nitrogens with zero attached hydrogens (tertiary/aromatic N) is 3. The Labute approximate surface area is 176 Å². The van der Waals surface area contributed by atoms with Crippen LogP contribution in [0.15, 0.2) is 23.4 Å². The molecule has 1 amide bonds. The van der Waals surface area contributed by atoms with Gasteiger partial charge in [0.25, 0.3) is 0 Å². The van der Waals surface area contributed by atoms with E-state index >= 15 is 0 Å². The number of nitrogens with one attached hydrogen (secondary N) is 1. The maximum atomic E-state index is 12.2. The number of benzene rings is 1. The Morgan fingerprint density at radius 3 is 2.76 bits per heavy atom. The Balaban J connectivity index is 1.27. The van der Waals surface area contributed by atoms with Gasteiger partial charge in [0.2, 0.25) is 5.91 Å². The highest BCUT2D eigenvalue weighted by Crippen LogP contribution is 2.26. The summed E-state index contributed by atoms with van der Waals surface area (Å²) in [6.07, 6.45) is 10.8. The fraction of sp³-hybridized carbons (Fsp3) is 0.591. The normalized spacial score (nSPS) is 17.0. The van der Waals surface area contributed by atoms with E-state index in [2.05, 4.69) is 27.6 Å². The number of amides is 1. The Morgan fingerprint density at radius 2 is 1.93 bits per heavy atom. The van der Waals surface area contributed by atoms with Gasteiger partial charge in [-0.05, 0) is 61.8 Å². The van der Waals surface area contributed by atoms with Crippen LogP contribution in [0.1, 0.15) is 61.9 Å². The highest BCUT2D eigenvalue weighted by molar-refractivity contribution is 7.99. The minimum Gasteiger partial charge on any atom is -0.486 e. The zero-order valence-electron chi connectivity index (χ0n) is 17.2. The Hall–Kier alpha value is -2.02. The maximum Gasteiger partial charge on any atom is 0.230 e. The smallest absolute Gasteiger partial charge is 0.230 e. The standard InChI is InChI=1S/C22H30N4O2S/c1-26-20(14-28-19-12-11-16-7-5-6-8-17(16)13-19)24-25-22(26)29-15-21(27)23-18-9-3-2-4-10-18/h11-13,18H,2-10,14-15H2,1H3,(H,23,27). The first kappa shape index (κ1) is 20.3. The van der Waals surface area contributed by atoms with E-state index in [1.54, 1.807) is 0 Å². The molecule has 2 aromatic rings. The lowest BCUT2D eigenvalue weighted by molar-refractivity contribution is -0.119. The number of hydrogen-bond donors (Lipinski definition) is 1. The number of hydrogen-bond acceptors (Lipinski definition) is 5. The van der Waals surface area contributed by atoms with E-state index in [1.807, 2.05) is 17.7 Å². The van der Waals surface area contributed by atoms with Crippen LogP contribution >= 0.6 is 11.8 Å². The van der Waals surface area contributed by atoms with Crippen molar-refractivity contribution in [2.45, 2.75) is 75.6 Å². The first-order valence-corrected chi connectivity index (χ1v) is 11.7. The molecule has 1 fully saturated rings. The van der Waals surface area contributed by atoms with Gasteiger partial charge in [0, 0.05) is 13.1 Å². The van der Waals surface area contributed by atoms with Gasteiger partial charge < -0.3 is 14.6 Å². The van der Waals surface area contributed by atoms with Crippen LogP contribution in [0.2, 0.25) is 0 Å². The molecule has 0 unspecified atom stereocenters. The van der Waals surface area contributed by atoms with Crippen LogP contribution < -0.4 is 10.1 Å². The predicted octanol–water partition coefficient (Wildman–Crippen LogP) is 3.81. The summed E-state index contributed by atoms with van der Waals surface area (Å²) in [6.45, 7) is 0.372. The molecule has 6 nitrogen and oxygen atoms in total. The van der Waals surface area contributed by atoms with Gasteiger partial charge in [-0.1, -0.05) is 37.1 Å². The first-order valence-electron chi connectivity index (χ1n) is 10.7. The van der Waals surface area contributed by atoms with Crippen molar-refractivity contribution in [2.75, 3.05) is 5.75 Å². The molecule has 156 valence electrons. The van der Waals surface area contributed by atoms with Crippen LogP contribution in [0.25, 0.3) is 0 Å². The van der Waals surface area contributed by atoms with E-state index in [9.17, 15) is 4.79 Å². The summed E-state index contributed by atoms with van der Waals surface area (Å²) in [7, 11) is 1.92. The molecule has 4 rings (SSSR count). The average Bonchev–Trinajstić information content (AvgIpc) is 3.11. The minimum absolute atomic E-state index is 0.0803. The van der Waals surface area contributed by atoms with E-state index in [1.165, 1.54) is 61.4 Å². The summed E-state index contributed by atoms with van der Waals surface area (Å²) in [6, 6.07) is 6.74. The Morgan fingerprint density at radius 1 is 1.14 bits per heavy atom. The number of ether oxygens (including phenoxy) is 1. The molecule has 0 spiro atoms. The largest absolute Gasteiger partial charge is 0.486 e. The van der Waals surface area contributed by atoms with E-state index in [0.717, 1.165) is 36.0 Å². The highest BCUT2D eigenvalue weighted by atomic mass is 32.2. The zero-order chi connectivity index (χ0) is 20.1. The molecule has 1 N–H and O–H groups in total. The van der Waals surface area contributed by atoms with E-state index < -0.39 is 0 Å². The van der Waals surface area contributed by atoms with Gasteiger partial charge in [0.15, 0.2) is 11.0 Å². The van der Waals surface area contributed by atoms with Gasteiger partial charge in [-0.3, -0.25) is 4.79 Å². The van der Waals surface area contributed by atoms with Crippen LogP contribution in [0.4, 0.5) is 0 Å². The Kier molecular flexibility index (Phi) is 6.74. The van der Waals surface area contributed by atoms with E-state index in [-0.39, 0.29) is 5.91 Å². The number of aromatic nitrogens is 3. The monoisotopic (exact) mass is 414 g/mol. The predicted molar refractivity (Wildman–Crippen MR) is 114 cm³/mol. The number of carbonyl (C=O) groups is 1. The van der Waals surface area contributed by atoms with Crippen LogP contribution in [0.5, 0.6) is 5.75 Å². The van der Waals surface area contributed by atoms with Gasteiger partial charge in [-0.15, -0.1) is 10.2 Å².